The van der Waals surface area contributed by atoms with Crippen molar-refractivity contribution < 1.29 is 21.8 Å². The van der Waals surface area contributed by atoms with E-state index in [1.54, 1.807) is 76.2 Å². The molecule has 0 atom stereocenters. The Kier molecular flexibility index (Phi) is 13.3. The molecule has 274 valence electrons. The summed E-state index contributed by atoms with van der Waals surface area (Å²) in [5.74, 6) is 0.704. The maximum absolute atomic E-state index is 12.7. The van der Waals surface area contributed by atoms with Gasteiger partial charge < -0.3 is 16.0 Å². The number of nitro groups is 1. The normalized spacial score (nSPS) is 11.5. The molecule has 0 saturated carbocycles. The highest BCUT2D eigenvalue weighted by Gasteiger charge is 2.24. The summed E-state index contributed by atoms with van der Waals surface area (Å²) in [5, 5.41) is 19.1. The summed E-state index contributed by atoms with van der Waals surface area (Å²) in [6.45, 7) is 6.72. The fourth-order valence-corrected chi connectivity index (χ4v) is 7.15. The number of benzene rings is 3. The van der Waals surface area contributed by atoms with Gasteiger partial charge in [-0.2, -0.15) is 9.97 Å². The minimum atomic E-state index is -3.53. The van der Waals surface area contributed by atoms with Crippen molar-refractivity contribution >= 4 is 89.1 Å². The van der Waals surface area contributed by atoms with Crippen LogP contribution in [0.25, 0.3) is 0 Å². The van der Waals surface area contributed by atoms with E-state index in [-0.39, 0.29) is 54.9 Å². The number of nitrogens with zero attached hydrogens (tertiary/aromatic N) is 5. The highest BCUT2D eigenvalue weighted by atomic mass is 35.5. The van der Waals surface area contributed by atoms with Crippen LogP contribution < -0.4 is 16.0 Å². The van der Waals surface area contributed by atoms with Gasteiger partial charge in [-0.15, -0.1) is 0 Å². The molecule has 0 amide bonds. The van der Waals surface area contributed by atoms with E-state index in [1.165, 1.54) is 36.7 Å². The van der Waals surface area contributed by atoms with Crippen LogP contribution in [0.4, 0.5) is 34.6 Å². The van der Waals surface area contributed by atoms with Crippen molar-refractivity contribution in [3.05, 3.63) is 116 Å². The fraction of sp³-hybridized carbons (Fsp3) is 0.212. The van der Waals surface area contributed by atoms with E-state index in [0.717, 1.165) is 0 Å². The summed E-state index contributed by atoms with van der Waals surface area (Å²) in [4.78, 5) is 26.9. The van der Waals surface area contributed by atoms with Gasteiger partial charge in [0.05, 0.1) is 49.0 Å². The molecule has 0 radical (unpaired) electrons. The van der Waals surface area contributed by atoms with Crippen molar-refractivity contribution in [1.29, 1.82) is 0 Å². The number of para-hydroxylation sites is 2. The van der Waals surface area contributed by atoms with Crippen LogP contribution in [0, 0.1) is 10.1 Å². The van der Waals surface area contributed by atoms with Crippen LogP contribution >= 0.6 is 34.8 Å². The highest BCUT2D eigenvalue weighted by Crippen LogP contribution is 2.31. The number of aromatic nitrogens is 4. The van der Waals surface area contributed by atoms with Gasteiger partial charge >= 0.3 is 0 Å². The van der Waals surface area contributed by atoms with Gasteiger partial charge in [-0.25, -0.2) is 26.8 Å². The van der Waals surface area contributed by atoms with Crippen molar-refractivity contribution in [2.45, 2.75) is 54.5 Å². The Morgan fingerprint density at radius 1 is 0.712 bits per heavy atom. The Hall–Kier alpha value is -4.61. The summed E-state index contributed by atoms with van der Waals surface area (Å²) >= 11 is 17.9. The number of nitrogens with one attached hydrogen (secondary N) is 3. The van der Waals surface area contributed by atoms with Crippen LogP contribution in [-0.4, -0.2) is 52.2 Å². The van der Waals surface area contributed by atoms with E-state index in [9.17, 15) is 26.9 Å². The van der Waals surface area contributed by atoms with Crippen molar-refractivity contribution in [2.75, 3.05) is 16.0 Å². The van der Waals surface area contributed by atoms with Crippen molar-refractivity contribution in [3.63, 3.8) is 0 Å². The molecule has 0 aliphatic carbocycles. The second-order valence-corrected chi connectivity index (χ2v) is 17.5. The van der Waals surface area contributed by atoms with E-state index < -0.39 is 35.1 Å². The number of sulfone groups is 2. The minimum absolute atomic E-state index is 0.0124. The third-order valence-corrected chi connectivity index (χ3v) is 12.3. The molecule has 5 rings (SSSR count). The number of halogens is 3. The first-order valence-electron chi connectivity index (χ1n) is 15.4. The standard InChI is InChI=1S/C20H20ClN5O4S.C13H13Cl2N3O2S/c1-13(2)31(29,30)18-9-4-3-8-17(18)24-19-16(21)12-23-20(25-19)22-11-14-6-5-7-15(10-14)26(27)28;1-8(2)21(19,20)11-6-4-3-5-10(11)17-12-9(14)7-16-13(15)18-12/h3-10,12-13H,11H2,1-2H3,(H2,22,23,24,25);3-8H,1-2H3,(H,16,17,18). The zero-order valence-electron chi connectivity index (χ0n) is 28.1. The molecule has 0 saturated heterocycles. The summed E-state index contributed by atoms with van der Waals surface area (Å²) in [6, 6.07) is 19.3. The summed E-state index contributed by atoms with van der Waals surface area (Å²) in [5.41, 5.74) is 1.40. The highest BCUT2D eigenvalue weighted by molar-refractivity contribution is 7.92. The summed E-state index contributed by atoms with van der Waals surface area (Å²) in [7, 11) is -6.96. The molecule has 5 aromatic rings. The predicted octanol–water partition coefficient (Wildman–Crippen LogP) is 8.29. The molecule has 2 aromatic heterocycles. The lowest BCUT2D eigenvalue weighted by molar-refractivity contribution is -0.384. The van der Waals surface area contributed by atoms with E-state index in [2.05, 4.69) is 35.9 Å². The van der Waals surface area contributed by atoms with E-state index >= 15 is 0 Å². The average Bonchev–Trinajstić information content (AvgIpc) is 3.10. The summed E-state index contributed by atoms with van der Waals surface area (Å²) < 4.78 is 50.1. The predicted molar refractivity (Wildman–Crippen MR) is 204 cm³/mol. The largest absolute Gasteiger partial charge is 0.350 e. The quantitative estimate of drug-likeness (QED) is 0.0619. The molecule has 0 fully saturated rings. The molecule has 19 heteroatoms. The second kappa shape index (κ2) is 17.3. The molecular formula is C33H33Cl3N8O6S2. The SMILES string of the molecule is CC(C)S(=O)(=O)c1ccccc1Nc1nc(Cl)ncc1Cl.CC(C)S(=O)(=O)c1ccccc1Nc1nc(NCc2cccc([N+](=O)[O-])c2)ncc1Cl. The topological polar surface area (TPSA) is 199 Å². The van der Waals surface area contributed by atoms with E-state index in [0.29, 0.717) is 16.9 Å². The van der Waals surface area contributed by atoms with E-state index in [4.69, 9.17) is 34.8 Å². The van der Waals surface area contributed by atoms with Crippen LogP contribution in [0.5, 0.6) is 0 Å². The van der Waals surface area contributed by atoms with Gasteiger partial charge in [0.15, 0.2) is 31.3 Å². The number of hydrogen-bond acceptors (Lipinski definition) is 13. The van der Waals surface area contributed by atoms with Gasteiger partial charge in [0.1, 0.15) is 10.0 Å². The molecule has 14 nitrogen and oxygen atoms in total. The van der Waals surface area contributed by atoms with Crippen LogP contribution in [-0.2, 0) is 26.2 Å². The first kappa shape index (κ1) is 40.2. The zero-order chi connectivity index (χ0) is 38.2. The van der Waals surface area contributed by atoms with Crippen LogP contribution in [0.3, 0.4) is 0 Å². The van der Waals surface area contributed by atoms with Crippen molar-refractivity contribution in [3.8, 4) is 0 Å². The number of anilines is 5. The minimum Gasteiger partial charge on any atom is -0.350 e. The number of nitro benzene ring substituents is 1. The first-order chi connectivity index (χ1) is 24.5. The van der Waals surface area contributed by atoms with Crippen LogP contribution in [0.1, 0.15) is 33.3 Å². The maximum Gasteiger partial charge on any atom is 0.269 e. The lowest BCUT2D eigenvalue weighted by Gasteiger charge is -2.15. The van der Waals surface area contributed by atoms with Gasteiger partial charge in [0.25, 0.3) is 5.69 Å². The average molecular weight is 808 g/mol. The third kappa shape index (κ3) is 10.0. The summed E-state index contributed by atoms with van der Waals surface area (Å²) in [6.07, 6.45) is 2.73. The first-order valence-corrected chi connectivity index (χ1v) is 19.6. The molecule has 2 heterocycles. The van der Waals surface area contributed by atoms with Crippen LogP contribution in [0.15, 0.2) is 95.0 Å². The molecule has 0 spiro atoms. The number of non-ortho nitro benzene ring substituents is 1. The van der Waals surface area contributed by atoms with Gasteiger partial charge in [-0.3, -0.25) is 10.1 Å². The lowest BCUT2D eigenvalue weighted by atomic mass is 10.2. The number of hydrogen-bond donors (Lipinski definition) is 3. The Bertz CT molecular complexity index is 2300. The fourth-order valence-electron chi connectivity index (χ4n) is 4.33. The molecule has 3 aromatic carbocycles. The Labute approximate surface area is 316 Å². The third-order valence-electron chi connectivity index (χ3n) is 7.17. The molecule has 3 N–H and O–H groups in total. The molecule has 0 unspecified atom stereocenters. The molecule has 0 aliphatic heterocycles. The van der Waals surface area contributed by atoms with Crippen molar-refractivity contribution in [2.24, 2.45) is 0 Å². The van der Waals surface area contributed by atoms with Crippen molar-refractivity contribution in [1.82, 2.24) is 19.9 Å². The molecular weight excluding hydrogens is 775 g/mol. The monoisotopic (exact) mass is 806 g/mol. The Morgan fingerprint density at radius 2 is 1.21 bits per heavy atom. The lowest BCUT2D eigenvalue weighted by Crippen LogP contribution is -2.15. The number of rotatable bonds is 12. The van der Waals surface area contributed by atoms with Gasteiger partial charge in [-0.1, -0.05) is 59.6 Å². The smallest absolute Gasteiger partial charge is 0.269 e. The van der Waals surface area contributed by atoms with Gasteiger partial charge in [-0.05, 0) is 69.1 Å². The van der Waals surface area contributed by atoms with Crippen LogP contribution in [0.2, 0.25) is 15.3 Å². The molecule has 0 aliphatic rings. The second-order valence-electron chi connectivity index (χ2n) is 11.4. The van der Waals surface area contributed by atoms with Gasteiger partial charge in [0.2, 0.25) is 11.2 Å². The molecule has 52 heavy (non-hydrogen) atoms. The Morgan fingerprint density at radius 3 is 1.73 bits per heavy atom. The van der Waals surface area contributed by atoms with E-state index in [1.807, 2.05) is 0 Å². The zero-order valence-corrected chi connectivity index (χ0v) is 32.0. The van der Waals surface area contributed by atoms with Gasteiger partial charge in [0, 0.05) is 18.7 Å². The maximum atomic E-state index is 12.7. The molecule has 0 bridgehead atoms. The Balaban J connectivity index is 0.000000251.